The molecule has 0 unspecified atom stereocenters. The van der Waals surface area contributed by atoms with Crippen molar-refractivity contribution in [3.8, 4) is 0 Å². The van der Waals surface area contributed by atoms with E-state index in [0.29, 0.717) is 24.1 Å². The molecule has 18 heavy (non-hydrogen) atoms. The standard InChI is InChI=1S/C12H19N5O/c1-17(9-5-6-9)8-7-14-12(18)10-3-2-4-11(15-10)16-13/h2-4,9H,5-8,13H2,1H3,(H,14,18)(H,15,16). The smallest absolute Gasteiger partial charge is 0.270 e. The van der Waals surface area contributed by atoms with E-state index >= 15 is 0 Å². The summed E-state index contributed by atoms with van der Waals surface area (Å²) in [6.45, 7) is 1.50. The van der Waals surface area contributed by atoms with Crippen molar-refractivity contribution in [3.05, 3.63) is 23.9 Å². The number of hydrogen-bond acceptors (Lipinski definition) is 5. The predicted molar refractivity (Wildman–Crippen MR) is 70.0 cm³/mol. The van der Waals surface area contributed by atoms with E-state index in [4.69, 9.17) is 5.84 Å². The fourth-order valence-corrected chi connectivity index (χ4v) is 1.78. The second-order valence-corrected chi connectivity index (χ2v) is 4.52. The highest BCUT2D eigenvalue weighted by Gasteiger charge is 2.25. The molecule has 1 aliphatic carbocycles. The van der Waals surface area contributed by atoms with Crippen molar-refractivity contribution in [2.75, 3.05) is 25.6 Å². The van der Waals surface area contributed by atoms with Crippen molar-refractivity contribution in [2.24, 2.45) is 5.84 Å². The Morgan fingerprint density at radius 3 is 3.00 bits per heavy atom. The Bertz CT molecular complexity index is 419. The first-order valence-electron chi connectivity index (χ1n) is 6.13. The number of carbonyl (C=O) groups excluding carboxylic acids is 1. The number of aromatic nitrogens is 1. The van der Waals surface area contributed by atoms with Crippen LogP contribution in [0, 0.1) is 0 Å². The number of amides is 1. The maximum atomic E-state index is 11.8. The summed E-state index contributed by atoms with van der Waals surface area (Å²) in [5.74, 6) is 5.56. The summed E-state index contributed by atoms with van der Waals surface area (Å²) in [6.07, 6.45) is 2.55. The average Bonchev–Trinajstić information content (AvgIpc) is 3.23. The van der Waals surface area contributed by atoms with Gasteiger partial charge >= 0.3 is 0 Å². The van der Waals surface area contributed by atoms with Crippen LogP contribution in [0.3, 0.4) is 0 Å². The molecule has 0 radical (unpaired) electrons. The lowest BCUT2D eigenvalue weighted by molar-refractivity contribution is 0.0944. The zero-order valence-corrected chi connectivity index (χ0v) is 10.5. The first kappa shape index (κ1) is 12.8. The van der Waals surface area contributed by atoms with Crippen LogP contribution in [0.2, 0.25) is 0 Å². The Kier molecular flexibility index (Phi) is 4.11. The highest BCUT2D eigenvalue weighted by molar-refractivity contribution is 5.92. The van der Waals surface area contributed by atoms with Crippen molar-refractivity contribution in [1.29, 1.82) is 0 Å². The van der Waals surface area contributed by atoms with Gasteiger partial charge in [-0.05, 0) is 32.0 Å². The SMILES string of the molecule is CN(CCNC(=O)c1cccc(NN)n1)C1CC1. The number of carbonyl (C=O) groups is 1. The minimum Gasteiger partial charge on any atom is -0.349 e. The molecule has 1 amide bonds. The third-order valence-electron chi connectivity index (χ3n) is 3.05. The van der Waals surface area contributed by atoms with Crippen LogP contribution in [0.15, 0.2) is 18.2 Å². The number of hydrogen-bond donors (Lipinski definition) is 3. The molecule has 6 heteroatoms. The molecule has 0 bridgehead atoms. The summed E-state index contributed by atoms with van der Waals surface area (Å²) in [4.78, 5) is 18.2. The van der Waals surface area contributed by atoms with Gasteiger partial charge in [-0.15, -0.1) is 0 Å². The molecule has 1 aliphatic rings. The Balaban J connectivity index is 1.79. The number of nitrogens with one attached hydrogen (secondary N) is 2. The average molecular weight is 249 g/mol. The predicted octanol–water partition coefficient (Wildman–Crippen LogP) is 0.191. The molecule has 4 N–H and O–H groups in total. The van der Waals surface area contributed by atoms with Crippen LogP contribution in [0.25, 0.3) is 0 Å². The summed E-state index contributed by atoms with van der Waals surface area (Å²) < 4.78 is 0. The highest BCUT2D eigenvalue weighted by atomic mass is 16.1. The fraction of sp³-hybridized carbons (Fsp3) is 0.500. The first-order chi connectivity index (χ1) is 8.70. The number of nitrogen functional groups attached to an aromatic ring is 1. The molecule has 0 spiro atoms. The van der Waals surface area contributed by atoms with Gasteiger partial charge in [0.15, 0.2) is 0 Å². The normalized spacial score (nSPS) is 14.6. The molecule has 98 valence electrons. The lowest BCUT2D eigenvalue weighted by Crippen LogP contribution is -2.34. The minimum atomic E-state index is -0.170. The van der Waals surface area contributed by atoms with E-state index in [1.807, 2.05) is 0 Å². The Morgan fingerprint density at radius 2 is 2.33 bits per heavy atom. The number of hydrazine groups is 1. The van der Waals surface area contributed by atoms with E-state index in [1.54, 1.807) is 18.2 Å². The Hall–Kier alpha value is -1.66. The molecule has 0 saturated heterocycles. The quantitative estimate of drug-likeness (QED) is 0.495. The van der Waals surface area contributed by atoms with Crippen molar-refractivity contribution < 1.29 is 4.79 Å². The van der Waals surface area contributed by atoms with E-state index in [9.17, 15) is 4.79 Å². The van der Waals surface area contributed by atoms with Crippen LogP contribution < -0.4 is 16.6 Å². The van der Waals surface area contributed by atoms with Gasteiger partial charge in [0.1, 0.15) is 11.5 Å². The molecule has 2 rings (SSSR count). The van der Waals surface area contributed by atoms with Crippen LogP contribution in [0.4, 0.5) is 5.82 Å². The summed E-state index contributed by atoms with van der Waals surface area (Å²) in [6, 6.07) is 5.83. The molecule has 1 fully saturated rings. The zero-order chi connectivity index (χ0) is 13.0. The summed E-state index contributed by atoms with van der Waals surface area (Å²) in [5, 5.41) is 2.85. The van der Waals surface area contributed by atoms with Gasteiger partial charge in [-0.1, -0.05) is 6.07 Å². The number of anilines is 1. The lowest BCUT2D eigenvalue weighted by atomic mass is 10.3. The highest BCUT2D eigenvalue weighted by Crippen LogP contribution is 2.24. The van der Waals surface area contributed by atoms with E-state index < -0.39 is 0 Å². The van der Waals surface area contributed by atoms with Gasteiger partial charge in [0.25, 0.3) is 5.91 Å². The summed E-state index contributed by atoms with van der Waals surface area (Å²) in [7, 11) is 2.08. The van der Waals surface area contributed by atoms with Crippen LogP contribution >= 0.6 is 0 Å². The molecular formula is C12H19N5O. The van der Waals surface area contributed by atoms with Crippen LogP contribution in [0.5, 0.6) is 0 Å². The van der Waals surface area contributed by atoms with Gasteiger partial charge in [0, 0.05) is 19.1 Å². The van der Waals surface area contributed by atoms with Crippen molar-refractivity contribution in [2.45, 2.75) is 18.9 Å². The topological polar surface area (TPSA) is 83.3 Å². The number of likely N-dealkylation sites (N-methyl/N-ethyl adjacent to an activating group) is 1. The van der Waals surface area contributed by atoms with Gasteiger partial charge in [-0.3, -0.25) is 4.79 Å². The second-order valence-electron chi connectivity index (χ2n) is 4.52. The first-order valence-corrected chi connectivity index (χ1v) is 6.13. The second kappa shape index (κ2) is 5.79. The van der Waals surface area contributed by atoms with Gasteiger partial charge in [0.2, 0.25) is 0 Å². The molecule has 6 nitrogen and oxygen atoms in total. The third-order valence-corrected chi connectivity index (χ3v) is 3.05. The van der Waals surface area contributed by atoms with Crippen LogP contribution in [-0.4, -0.2) is 42.0 Å². The van der Waals surface area contributed by atoms with Crippen molar-refractivity contribution in [1.82, 2.24) is 15.2 Å². The zero-order valence-electron chi connectivity index (χ0n) is 10.5. The van der Waals surface area contributed by atoms with E-state index in [1.165, 1.54) is 12.8 Å². The third kappa shape index (κ3) is 3.41. The molecule has 1 saturated carbocycles. The Labute approximate surface area is 107 Å². The van der Waals surface area contributed by atoms with E-state index in [-0.39, 0.29) is 5.91 Å². The van der Waals surface area contributed by atoms with Gasteiger partial charge < -0.3 is 15.6 Å². The molecule has 0 aliphatic heterocycles. The number of nitrogens with zero attached hydrogens (tertiary/aromatic N) is 2. The van der Waals surface area contributed by atoms with E-state index in [2.05, 4.69) is 27.7 Å². The van der Waals surface area contributed by atoms with Crippen molar-refractivity contribution in [3.63, 3.8) is 0 Å². The maximum Gasteiger partial charge on any atom is 0.270 e. The minimum absolute atomic E-state index is 0.170. The lowest BCUT2D eigenvalue weighted by Gasteiger charge is -2.15. The maximum absolute atomic E-state index is 11.8. The molecule has 0 atom stereocenters. The number of rotatable bonds is 6. The molecular weight excluding hydrogens is 230 g/mol. The number of nitrogens with two attached hydrogens (primary N) is 1. The van der Waals surface area contributed by atoms with Crippen LogP contribution in [0.1, 0.15) is 23.3 Å². The summed E-state index contributed by atoms with van der Waals surface area (Å²) in [5.41, 5.74) is 2.79. The monoisotopic (exact) mass is 249 g/mol. The molecule has 0 aromatic carbocycles. The number of pyridine rings is 1. The Morgan fingerprint density at radius 1 is 1.56 bits per heavy atom. The summed E-state index contributed by atoms with van der Waals surface area (Å²) >= 11 is 0. The fourth-order valence-electron chi connectivity index (χ4n) is 1.78. The molecule has 1 aromatic heterocycles. The van der Waals surface area contributed by atoms with E-state index in [0.717, 1.165) is 6.54 Å². The van der Waals surface area contributed by atoms with Gasteiger partial charge in [-0.25, -0.2) is 10.8 Å². The van der Waals surface area contributed by atoms with Crippen LogP contribution in [-0.2, 0) is 0 Å². The van der Waals surface area contributed by atoms with Gasteiger partial charge in [-0.2, -0.15) is 0 Å². The largest absolute Gasteiger partial charge is 0.349 e. The van der Waals surface area contributed by atoms with Gasteiger partial charge in [0.05, 0.1) is 0 Å². The van der Waals surface area contributed by atoms with Crippen molar-refractivity contribution >= 4 is 11.7 Å². The molecule has 1 aromatic rings. The molecule has 1 heterocycles.